The molecule has 4 N–H and O–H groups in total. The van der Waals surface area contributed by atoms with E-state index in [0.29, 0.717) is 16.9 Å². The monoisotopic (exact) mass is 316 g/mol. The molecule has 0 radical (unpaired) electrons. The van der Waals surface area contributed by atoms with Gasteiger partial charge in [0.1, 0.15) is 5.69 Å². The third-order valence-corrected chi connectivity index (χ3v) is 4.13. The molecular formula is C18H28N4O. The number of aromatic amines is 1. The van der Waals surface area contributed by atoms with Crippen LogP contribution in [0.3, 0.4) is 0 Å². The predicted octanol–water partition coefficient (Wildman–Crippen LogP) is 3.98. The van der Waals surface area contributed by atoms with Gasteiger partial charge in [-0.25, -0.2) is 4.98 Å². The Hall–Kier alpha value is -2.04. The number of rotatable bonds is 9. The number of unbranched alkanes of at least 4 members (excludes halogenated alkanes) is 6. The molecule has 0 fully saturated rings. The van der Waals surface area contributed by atoms with Crippen LogP contribution in [-0.2, 0) is 0 Å². The largest absolute Gasteiger partial charge is 0.397 e. The third kappa shape index (κ3) is 4.98. The van der Waals surface area contributed by atoms with E-state index in [1.54, 1.807) is 13.0 Å². The van der Waals surface area contributed by atoms with Crippen LogP contribution in [0.15, 0.2) is 16.9 Å². The van der Waals surface area contributed by atoms with E-state index in [2.05, 4.69) is 22.2 Å². The lowest BCUT2D eigenvalue weighted by atomic mass is 10.1. The summed E-state index contributed by atoms with van der Waals surface area (Å²) in [7, 11) is 0. The van der Waals surface area contributed by atoms with Gasteiger partial charge in [-0.15, -0.1) is 0 Å². The van der Waals surface area contributed by atoms with Crippen LogP contribution < -0.4 is 16.6 Å². The summed E-state index contributed by atoms with van der Waals surface area (Å²) in [4.78, 5) is 18.7. The zero-order chi connectivity index (χ0) is 16.7. The Labute approximate surface area is 137 Å². The second kappa shape index (κ2) is 8.56. The van der Waals surface area contributed by atoms with E-state index in [9.17, 15) is 4.79 Å². The second-order valence-electron chi connectivity index (χ2n) is 6.16. The molecule has 1 heterocycles. The Morgan fingerprint density at radius 1 is 1.13 bits per heavy atom. The summed E-state index contributed by atoms with van der Waals surface area (Å²) < 4.78 is 0. The average Bonchev–Trinajstić information content (AvgIpc) is 2.52. The smallest absolute Gasteiger partial charge is 0.269 e. The minimum atomic E-state index is -0.166. The van der Waals surface area contributed by atoms with Crippen LogP contribution in [0.25, 0.3) is 11.0 Å². The molecule has 0 aliphatic carbocycles. The molecule has 0 bridgehead atoms. The molecule has 1 aromatic carbocycles. The molecule has 126 valence electrons. The van der Waals surface area contributed by atoms with Crippen LogP contribution in [0, 0.1) is 6.92 Å². The topological polar surface area (TPSA) is 83.8 Å². The van der Waals surface area contributed by atoms with Crippen LogP contribution in [-0.4, -0.2) is 16.5 Å². The summed E-state index contributed by atoms with van der Waals surface area (Å²) in [6.07, 6.45) is 9.02. The number of nitrogens with one attached hydrogen (secondary N) is 2. The number of nitrogen functional groups attached to an aromatic ring is 1. The maximum absolute atomic E-state index is 11.6. The number of fused-ring (bicyclic) bond motifs is 1. The van der Waals surface area contributed by atoms with E-state index in [4.69, 9.17) is 5.73 Å². The summed E-state index contributed by atoms with van der Waals surface area (Å²) in [5.41, 5.74) is 9.34. The Bertz CT molecular complexity index is 693. The molecule has 1 aromatic heterocycles. The van der Waals surface area contributed by atoms with Crippen molar-refractivity contribution < 1.29 is 0 Å². The Balaban J connectivity index is 1.87. The minimum Gasteiger partial charge on any atom is -0.397 e. The number of hydrogen-bond acceptors (Lipinski definition) is 4. The van der Waals surface area contributed by atoms with Gasteiger partial charge in [0.2, 0.25) is 0 Å². The first kappa shape index (κ1) is 17.3. The van der Waals surface area contributed by atoms with Gasteiger partial charge in [0.15, 0.2) is 0 Å². The van der Waals surface area contributed by atoms with Crippen molar-refractivity contribution in [3.05, 3.63) is 28.2 Å². The standard InChI is InChI=1S/C18H28N4O/c1-3-4-5-6-7-8-9-10-20-15-12-17-16(11-14(15)19)22-18(23)13(2)21-17/h11-12,20H,3-10,19H2,1-2H3,(H,22,23). The molecule has 0 saturated carbocycles. The maximum atomic E-state index is 11.6. The first-order valence-corrected chi connectivity index (χ1v) is 8.66. The molecule has 0 spiro atoms. The third-order valence-electron chi connectivity index (χ3n) is 4.13. The molecule has 5 nitrogen and oxygen atoms in total. The lowest BCUT2D eigenvalue weighted by Crippen LogP contribution is -2.12. The SMILES string of the molecule is CCCCCCCCCNc1cc2nc(C)c(=O)[nH]c2cc1N. The molecule has 23 heavy (non-hydrogen) atoms. The molecule has 2 rings (SSSR count). The molecule has 5 heteroatoms. The van der Waals surface area contributed by atoms with Crippen molar-refractivity contribution >= 4 is 22.4 Å². The molecule has 0 amide bonds. The van der Waals surface area contributed by atoms with Gasteiger partial charge < -0.3 is 16.0 Å². The molecule has 0 aliphatic heterocycles. The summed E-state index contributed by atoms with van der Waals surface area (Å²) in [6, 6.07) is 3.69. The fraction of sp³-hybridized carbons (Fsp3) is 0.556. The zero-order valence-electron chi connectivity index (χ0n) is 14.2. The number of nitrogens with zero attached hydrogens (tertiary/aromatic N) is 1. The van der Waals surface area contributed by atoms with Gasteiger partial charge in [0.25, 0.3) is 5.56 Å². The van der Waals surface area contributed by atoms with Crippen molar-refractivity contribution in [3.8, 4) is 0 Å². The van der Waals surface area contributed by atoms with Gasteiger partial charge in [-0.3, -0.25) is 4.79 Å². The molecule has 0 atom stereocenters. The Morgan fingerprint density at radius 3 is 2.57 bits per heavy atom. The fourth-order valence-electron chi connectivity index (χ4n) is 2.70. The zero-order valence-corrected chi connectivity index (χ0v) is 14.2. The summed E-state index contributed by atoms with van der Waals surface area (Å²) in [6.45, 7) is 4.86. The number of nitrogens with two attached hydrogens (primary N) is 1. The van der Waals surface area contributed by atoms with Gasteiger partial charge in [0, 0.05) is 6.54 Å². The summed E-state index contributed by atoms with van der Waals surface area (Å²) >= 11 is 0. The molecule has 0 saturated heterocycles. The quantitative estimate of drug-likeness (QED) is 0.482. The van der Waals surface area contributed by atoms with Crippen molar-refractivity contribution in [2.24, 2.45) is 0 Å². The van der Waals surface area contributed by atoms with E-state index in [1.165, 1.54) is 38.5 Å². The van der Waals surface area contributed by atoms with Crippen LogP contribution in [0.5, 0.6) is 0 Å². The van der Waals surface area contributed by atoms with Crippen molar-refractivity contribution in [1.82, 2.24) is 9.97 Å². The number of benzene rings is 1. The van der Waals surface area contributed by atoms with Gasteiger partial charge in [-0.05, 0) is 25.5 Å². The second-order valence-corrected chi connectivity index (χ2v) is 6.16. The van der Waals surface area contributed by atoms with Crippen LogP contribution in [0.1, 0.15) is 57.6 Å². The van der Waals surface area contributed by atoms with Crippen molar-refractivity contribution in [2.75, 3.05) is 17.6 Å². The van der Waals surface area contributed by atoms with E-state index in [-0.39, 0.29) is 5.56 Å². The van der Waals surface area contributed by atoms with Crippen molar-refractivity contribution in [3.63, 3.8) is 0 Å². The van der Waals surface area contributed by atoms with Gasteiger partial charge in [-0.1, -0.05) is 45.4 Å². The highest BCUT2D eigenvalue weighted by Crippen LogP contribution is 2.23. The number of anilines is 2. The highest BCUT2D eigenvalue weighted by molar-refractivity contribution is 5.86. The maximum Gasteiger partial charge on any atom is 0.269 e. The van der Waals surface area contributed by atoms with Crippen LogP contribution >= 0.6 is 0 Å². The lowest BCUT2D eigenvalue weighted by molar-refractivity contribution is 0.596. The fourth-order valence-corrected chi connectivity index (χ4v) is 2.70. The number of aromatic nitrogens is 2. The van der Waals surface area contributed by atoms with E-state index in [1.807, 2.05) is 6.07 Å². The highest BCUT2D eigenvalue weighted by atomic mass is 16.1. The Morgan fingerprint density at radius 2 is 1.83 bits per heavy atom. The van der Waals surface area contributed by atoms with Gasteiger partial charge >= 0.3 is 0 Å². The first-order valence-electron chi connectivity index (χ1n) is 8.66. The van der Waals surface area contributed by atoms with Crippen LogP contribution in [0.2, 0.25) is 0 Å². The molecule has 0 aliphatic rings. The van der Waals surface area contributed by atoms with Crippen LogP contribution in [0.4, 0.5) is 11.4 Å². The first-order chi connectivity index (χ1) is 11.1. The van der Waals surface area contributed by atoms with E-state index in [0.717, 1.165) is 24.2 Å². The number of aryl methyl sites for hydroxylation is 1. The number of H-pyrrole nitrogens is 1. The average molecular weight is 316 g/mol. The predicted molar refractivity (Wildman–Crippen MR) is 98.0 cm³/mol. The van der Waals surface area contributed by atoms with Gasteiger partial charge in [-0.2, -0.15) is 0 Å². The lowest BCUT2D eigenvalue weighted by Gasteiger charge is -2.11. The number of hydrogen-bond donors (Lipinski definition) is 3. The highest BCUT2D eigenvalue weighted by Gasteiger charge is 2.05. The molecular weight excluding hydrogens is 288 g/mol. The summed E-state index contributed by atoms with van der Waals surface area (Å²) in [5.74, 6) is 0. The normalized spacial score (nSPS) is 11.0. The molecule has 0 unspecified atom stereocenters. The summed E-state index contributed by atoms with van der Waals surface area (Å²) in [5, 5.41) is 3.38. The van der Waals surface area contributed by atoms with E-state index < -0.39 is 0 Å². The Kier molecular flexibility index (Phi) is 6.44. The minimum absolute atomic E-state index is 0.166. The van der Waals surface area contributed by atoms with Crippen molar-refractivity contribution in [2.45, 2.75) is 58.8 Å². The molecule has 2 aromatic rings. The van der Waals surface area contributed by atoms with E-state index >= 15 is 0 Å². The van der Waals surface area contributed by atoms with Crippen molar-refractivity contribution in [1.29, 1.82) is 0 Å². The van der Waals surface area contributed by atoms with Gasteiger partial charge in [0.05, 0.1) is 22.4 Å².